The smallest absolute Gasteiger partial charge is 0.0492 e. The highest BCUT2D eigenvalue weighted by Crippen LogP contribution is 2.12. The topological polar surface area (TPSA) is 35.5 Å². The van der Waals surface area contributed by atoms with Crippen LogP contribution in [-0.2, 0) is 25.9 Å². The highest BCUT2D eigenvalue weighted by atomic mass is 16.5. The van der Waals surface area contributed by atoms with E-state index >= 15 is 0 Å². The summed E-state index contributed by atoms with van der Waals surface area (Å²) in [5.41, 5.74) is 5.14. The first kappa shape index (κ1) is 21.3. The molecule has 0 bridgehead atoms. The Morgan fingerprint density at radius 3 is 1.86 bits per heavy atom. The first-order chi connectivity index (χ1) is 14.2. The number of hydroxylamine groups is 2. The molecule has 0 aliphatic heterocycles. The van der Waals surface area contributed by atoms with Gasteiger partial charge in [-0.15, -0.1) is 0 Å². The van der Waals surface area contributed by atoms with Crippen molar-refractivity contribution in [2.24, 2.45) is 0 Å². The molecule has 0 amide bonds. The molecule has 152 valence electrons. The van der Waals surface area contributed by atoms with Crippen molar-refractivity contribution in [2.75, 3.05) is 6.54 Å². The molecular formula is C26H32N2O. The van der Waals surface area contributed by atoms with Gasteiger partial charge in [0, 0.05) is 25.7 Å². The van der Waals surface area contributed by atoms with Crippen LogP contribution in [0.3, 0.4) is 0 Å². The SMILES string of the molecule is CC(CNCc1ccccc1)N(O)Cc1ccc(CCCc2ccccc2)cc1. The highest BCUT2D eigenvalue weighted by molar-refractivity contribution is 5.23. The summed E-state index contributed by atoms with van der Waals surface area (Å²) in [6, 6.07) is 29.7. The van der Waals surface area contributed by atoms with Crippen LogP contribution in [0.2, 0.25) is 0 Å². The second kappa shape index (κ2) is 11.5. The Balaban J connectivity index is 1.37. The number of nitrogens with one attached hydrogen (secondary N) is 1. The van der Waals surface area contributed by atoms with E-state index < -0.39 is 0 Å². The molecule has 0 fully saturated rings. The standard InChI is InChI=1S/C26H32N2O/c1-22(19-27-20-25-11-6-3-7-12-25)28(29)21-26-17-15-24(16-18-26)14-8-13-23-9-4-2-5-10-23/h2-7,9-12,15-18,22,27,29H,8,13-14,19-21H2,1H3. The molecule has 0 aliphatic rings. The summed E-state index contributed by atoms with van der Waals surface area (Å²) in [5.74, 6) is 0. The van der Waals surface area contributed by atoms with Gasteiger partial charge in [0.2, 0.25) is 0 Å². The van der Waals surface area contributed by atoms with Crippen molar-refractivity contribution in [3.05, 3.63) is 107 Å². The van der Waals surface area contributed by atoms with Crippen molar-refractivity contribution >= 4 is 0 Å². The molecule has 0 heterocycles. The van der Waals surface area contributed by atoms with E-state index in [2.05, 4.69) is 72.0 Å². The van der Waals surface area contributed by atoms with Gasteiger partial charge in [0.1, 0.15) is 0 Å². The average Bonchev–Trinajstić information content (AvgIpc) is 2.76. The molecule has 2 N–H and O–H groups in total. The molecule has 0 saturated heterocycles. The second-order valence-corrected chi connectivity index (χ2v) is 7.72. The third-order valence-corrected chi connectivity index (χ3v) is 5.26. The van der Waals surface area contributed by atoms with Gasteiger partial charge in [-0.3, -0.25) is 0 Å². The zero-order valence-electron chi connectivity index (χ0n) is 17.3. The third kappa shape index (κ3) is 7.47. The van der Waals surface area contributed by atoms with Gasteiger partial charge in [-0.05, 0) is 48.4 Å². The van der Waals surface area contributed by atoms with Crippen LogP contribution in [0.4, 0.5) is 0 Å². The summed E-state index contributed by atoms with van der Waals surface area (Å²) < 4.78 is 0. The largest absolute Gasteiger partial charge is 0.313 e. The summed E-state index contributed by atoms with van der Waals surface area (Å²) in [5, 5.41) is 15.2. The number of hydrogen-bond acceptors (Lipinski definition) is 3. The molecule has 3 rings (SSSR count). The minimum absolute atomic E-state index is 0.0456. The van der Waals surface area contributed by atoms with E-state index in [1.165, 1.54) is 21.8 Å². The number of nitrogens with zero attached hydrogens (tertiary/aromatic N) is 1. The molecule has 1 unspecified atom stereocenters. The molecule has 0 radical (unpaired) electrons. The van der Waals surface area contributed by atoms with Crippen LogP contribution in [0.15, 0.2) is 84.9 Å². The molecule has 1 atom stereocenters. The van der Waals surface area contributed by atoms with E-state index in [1.807, 2.05) is 25.1 Å². The van der Waals surface area contributed by atoms with Crippen molar-refractivity contribution < 1.29 is 5.21 Å². The van der Waals surface area contributed by atoms with Gasteiger partial charge in [-0.2, -0.15) is 5.06 Å². The fraction of sp³-hybridized carbons (Fsp3) is 0.308. The minimum atomic E-state index is 0.0456. The second-order valence-electron chi connectivity index (χ2n) is 7.72. The van der Waals surface area contributed by atoms with Gasteiger partial charge < -0.3 is 10.5 Å². The Kier molecular flexibility index (Phi) is 8.44. The maximum absolute atomic E-state index is 10.4. The van der Waals surface area contributed by atoms with E-state index in [-0.39, 0.29) is 6.04 Å². The van der Waals surface area contributed by atoms with E-state index in [0.717, 1.165) is 37.9 Å². The summed E-state index contributed by atoms with van der Waals surface area (Å²) in [4.78, 5) is 0. The third-order valence-electron chi connectivity index (χ3n) is 5.26. The minimum Gasteiger partial charge on any atom is -0.313 e. The Hall–Kier alpha value is -2.46. The molecule has 0 saturated carbocycles. The molecule has 0 aliphatic carbocycles. The summed E-state index contributed by atoms with van der Waals surface area (Å²) >= 11 is 0. The molecule has 0 aromatic heterocycles. The van der Waals surface area contributed by atoms with Gasteiger partial charge >= 0.3 is 0 Å². The summed E-state index contributed by atoms with van der Waals surface area (Å²) in [6.45, 7) is 4.13. The van der Waals surface area contributed by atoms with E-state index in [0.29, 0.717) is 6.54 Å². The van der Waals surface area contributed by atoms with Gasteiger partial charge in [0.25, 0.3) is 0 Å². The van der Waals surface area contributed by atoms with Crippen LogP contribution < -0.4 is 5.32 Å². The van der Waals surface area contributed by atoms with Crippen molar-refractivity contribution in [3.63, 3.8) is 0 Å². The van der Waals surface area contributed by atoms with E-state index in [9.17, 15) is 5.21 Å². The van der Waals surface area contributed by atoms with Crippen LogP contribution in [0.1, 0.15) is 35.6 Å². The Labute approximate surface area is 175 Å². The summed E-state index contributed by atoms with van der Waals surface area (Å²) in [6.07, 6.45) is 3.35. The molecule has 3 aromatic carbocycles. The number of hydrogen-bond donors (Lipinski definition) is 2. The lowest BCUT2D eigenvalue weighted by molar-refractivity contribution is -0.129. The fourth-order valence-electron chi connectivity index (χ4n) is 3.42. The van der Waals surface area contributed by atoms with Crippen LogP contribution in [-0.4, -0.2) is 22.9 Å². The lowest BCUT2D eigenvalue weighted by Gasteiger charge is -2.23. The van der Waals surface area contributed by atoms with Crippen molar-refractivity contribution in [3.8, 4) is 0 Å². The van der Waals surface area contributed by atoms with Gasteiger partial charge in [0.15, 0.2) is 0 Å². The normalized spacial score (nSPS) is 12.2. The van der Waals surface area contributed by atoms with Crippen molar-refractivity contribution in [1.82, 2.24) is 10.4 Å². The van der Waals surface area contributed by atoms with Crippen molar-refractivity contribution in [1.29, 1.82) is 0 Å². The predicted molar refractivity (Wildman–Crippen MR) is 120 cm³/mol. The van der Waals surface area contributed by atoms with Crippen LogP contribution in [0.5, 0.6) is 0 Å². The molecule has 29 heavy (non-hydrogen) atoms. The number of rotatable bonds is 11. The van der Waals surface area contributed by atoms with Gasteiger partial charge in [0.05, 0.1) is 0 Å². The van der Waals surface area contributed by atoms with Crippen LogP contribution >= 0.6 is 0 Å². The van der Waals surface area contributed by atoms with E-state index in [1.54, 1.807) is 0 Å². The first-order valence-electron chi connectivity index (χ1n) is 10.5. The zero-order valence-corrected chi connectivity index (χ0v) is 17.3. The summed E-state index contributed by atoms with van der Waals surface area (Å²) in [7, 11) is 0. The maximum atomic E-state index is 10.4. The molecular weight excluding hydrogens is 356 g/mol. The monoisotopic (exact) mass is 388 g/mol. The Morgan fingerprint density at radius 2 is 1.24 bits per heavy atom. The molecule has 3 nitrogen and oxygen atoms in total. The molecule has 3 heteroatoms. The first-order valence-corrected chi connectivity index (χ1v) is 10.5. The quantitative estimate of drug-likeness (QED) is 0.442. The Bertz CT molecular complexity index is 818. The van der Waals surface area contributed by atoms with Crippen LogP contribution in [0, 0.1) is 0 Å². The van der Waals surface area contributed by atoms with Crippen molar-refractivity contribution in [2.45, 2.75) is 45.3 Å². The fourth-order valence-corrected chi connectivity index (χ4v) is 3.42. The zero-order chi connectivity index (χ0) is 20.3. The average molecular weight is 389 g/mol. The van der Waals surface area contributed by atoms with Gasteiger partial charge in [-0.25, -0.2) is 0 Å². The molecule has 3 aromatic rings. The maximum Gasteiger partial charge on any atom is 0.0492 e. The Morgan fingerprint density at radius 1 is 0.724 bits per heavy atom. The lowest BCUT2D eigenvalue weighted by atomic mass is 10.0. The number of benzene rings is 3. The van der Waals surface area contributed by atoms with Crippen LogP contribution in [0.25, 0.3) is 0 Å². The van der Waals surface area contributed by atoms with E-state index in [4.69, 9.17) is 0 Å². The van der Waals surface area contributed by atoms with Gasteiger partial charge in [-0.1, -0.05) is 84.9 Å². The lowest BCUT2D eigenvalue weighted by Crippen LogP contribution is -2.37. The number of aryl methyl sites for hydroxylation is 2. The predicted octanol–water partition coefficient (Wildman–Crippen LogP) is 5.23. The highest BCUT2D eigenvalue weighted by Gasteiger charge is 2.11. The molecule has 0 spiro atoms.